The van der Waals surface area contributed by atoms with Crippen molar-refractivity contribution in [3.8, 4) is 0 Å². The van der Waals surface area contributed by atoms with Gasteiger partial charge in [-0.05, 0) is 0 Å². The van der Waals surface area contributed by atoms with Gasteiger partial charge in [0.15, 0.2) is 0 Å². The number of hydrogen-bond acceptors (Lipinski definition) is 1. The first kappa shape index (κ1) is 13.3. The summed E-state index contributed by atoms with van der Waals surface area (Å²) in [7, 11) is 0. The second-order valence-corrected chi connectivity index (χ2v) is 19.7. The summed E-state index contributed by atoms with van der Waals surface area (Å²) in [6, 6.07) is 4.13. The van der Waals surface area contributed by atoms with Crippen LogP contribution in [0, 0.1) is 0 Å². The van der Waals surface area contributed by atoms with E-state index in [0.29, 0.717) is 0 Å². The van der Waals surface area contributed by atoms with Crippen LogP contribution < -0.4 is 2.89 Å². The molecule has 1 aliphatic carbocycles. The van der Waals surface area contributed by atoms with E-state index in [2.05, 4.69) is 15.9 Å². The standard InChI is InChI=1S/C6H7BF2.C4H3S.2CH3.Sn/c1-7(8,9)6-4-2-3-5-6;1-2-4-5-3-1;;;/h2-4,6H,1H3;1-3H;2*1H3;/q-1;;;;. The van der Waals surface area contributed by atoms with E-state index in [4.69, 9.17) is 0 Å². The molecule has 1 aromatic rings. The third kappa shape index (κ3) is 2.52. The van der Waals surface area contributed by atoms with Crippen molar-refractivity contribution in [1.29, 1.82) is 0 Å². The molecule has 0 saturated heterocycles. The Morgan fingerprint density at radius 1 is 1.35 bits per heavy atom. The van der Waals surface area contributed by atoms with Crippen molar-refractivity contribution in [2.24, 2.45) is 0 Å². The van der Waals surface area contributed by atoms with Crippen molar-refractivity contribution in [2.45, 2.75) is 22.5 Å². The second-order valence-electron chi connectivity index (χ2n) is 5.24. The number of rotatable bonds is 3. The summed E-state index contributed by atoms with van der Waals surface area (Å²) >= 11 is -1.02. The summed E-state index contributed by atoms with van der Waals surface area (Å²) in [6.45, 7) is -2.22. The molecule has 0 bridgehead atoms. The van der Waals surface area contributed by atoms with Crippen LogP contribution in [0.4, 0.5) is 8.63 Å². The van der Waals surface area contributed by atoms with Crippen LogP contribution in [0.3, 0.4) is 0 Å². The fraction of sp³-hybridized carbons (Fsp3) is 0.333. The van der Waals surface area contributed by atoms with Gasteiger partial charge in [0, 0.05) is 0 Å². The van der Waals surface area contributed by atoms with Crippen molar-refractivity contribution >= 4 is 39.3 Å². The molecular formula is C12H16BF2SSn-. The molecule has 1 aromatic heterocycles. The summed E-state index contributed by atoms with van der Waals surface area (Å²) in [5, 5.41) is 2.04. The molecule has 0 saturated carbocycles. The van der Waals surface area contributed by atoms with Crippen LogP contribution in [0.1, 0.15) is 0 Å². The molecule has 1 aliphatic rings. The SMILES string of the molecule is C[B-](F)(F)C1C=CC=[C]1[Sn]([CH3])([CH3])[c]1cccs1. The van der Waals surface area contributed by atoms with Crippen LogP contribution in [-0.2, 0) is 0 Å². The van der Waals surface area contributed by atoms with Gasteiger partial charge in [0.1, 0.15) is 0 Å². The quantitative estimate of drug-likeness (QED) is 0.713. The van der Waals surface area contributed by atoms with E-state index in [9.17, 15) is 8.63 Å². The Hall–Kier alpha value is -0.0964. The van der Waals surface area contributed by atoms with Gasteiger partial charge >= 0.3 is 110 Å². The molecule has 0 aromatic carbocycles. The van der Waals surface area contributed by atoms with Crippen LogP contribution in [0.15, 0.2) is 39.3 Å². The monoisotopic (exact) mass is 361 g/mol. The molecule has 92 valence electrons. The predicted molar refractivity (Wildman–Crippen MR) is 76.2 cm³/mol. The number of hydrogen-bond donors (Lipinski definition) is 0. The third-order valence-electron chi connectivity index (χ3n) is 3.44. The van der Waals surface area contributed by atoms with Gasteiger partial charge in [-0.25, -0.2) is 0 Å². The average molecular weight is 360 g/mol. The molecule has 1 heterocycles. The molecule has 2 rings (SSSR count). The predicted octanol–water partition coefficient (Wildman–Crippen LogP) is 4.08. The Kier molecular flexibility index (Phi) is 3.56. The van der Waals surface area contributed by atoms with E-state index in [1.807, 2.05) is 23.6 Å². The van der Waals surface area contributed by atoms with Crippen LogP contribution in [0.25, 0.3) is 0 Å². The zero-order valence-corrected chi connectivity index (χ0v) is 14.0. The van der Waals surface area contributed by atoms with Gasteiger partial charge in [0.05, 0.1) is 0 Å². The summed E-state index contributed by atoms with van der Waals surface area (Å²) < 4.78 is 29.7. The van der Waals surface area contributed by atoms with Gasteiger partial charge in [-0.1, -0.05) is 0 Å². The maximum absolute atomic E-state index is 13.7. The van der Waals surface area contributed by atoms with Crippen molar-refractivity contribution in [3.05, 3.63) is 39.3 Å². The van der Waals surface area contributed by atoms with Gasteiger partial charge in [-0.2, -0.15) is 0 Å². The zero-order chi connectivity index (χ0) is 12.7. The molecule has 0 aliphatic heterocycles. The Bertz CT molecular complexity index is 457. The Morgan fingerprint density at radius 3 is 2.59 bits per heavy atom. The first-order chi connectivity index (χ1) is 7.83. The summed E-state index contributed by atoms with van der Waals surface area (Å²) in [4.78, 5) is 4.46. The fourth-order valence-electron chi connectivity index (χ4n) is 2.41. The topological polar surface area (TPSA) is 0 Å². The van der Waals surface area contributed by atoms with E-state index < -0.39 is 30.9 Å². The summed E-state index contributed by atoms with van der Waals surface area (Å²) in [5.41, 5.74) is 0. The normalized spacial score (nSPS) is 20.8. The molecule has 0 fully saturated rings. The van der Waals surface area contributed by atoms with E-state index in [0.717, 1.165) is 10.4 Å². The van der Waals surface area contributed by atoms with Crippen LogP contribution in [0.5, 0.6) is 0 Å². The van der Waals surface area contributed by atoms with E-state index in [1.165, 1.54) is 2.89 Å². The van der Waals surface area contributed by atoms with Crippen LogP contribution >= 0.6 is 11.3 Å². The summed E-state index contributed by atoms with van der Waals surface area (Å²) in [6.07, 6.45) is 5.44. The first-order valence-corrected chi connectivity index (χ1v) is 15.3. The minimum absolute atomic E-state index is 0.622. The van der Waals surface area contributed by atoms with Crippen molar-refractivity contribution in [3.63, 3.8) is 0 Å². The molecular weight excluding hydrogens is 344 g/mol. The molecule has 5 heteroatoms. The van der Waals surface area contributed by atoms with E-state index in [1.54, 1.807) is 17.4 Å². The van der Waals surface area contributed by atoms with Crippen molar-refractivity contribution < 1.29 is 8.63 Å². The average Bonchev–Trinajstić information content (AvgIpc) is 2.89. The second kappa shape index (κ2) is 4.54. The molecule has 0 spiro atoms. The molecule has 17 heavy (non-hydrogen) atoms. The molecule has 0 amide bonds. The fourth-order valence-corrected chi connectivity index (χ4v) is 14.3. The van der Waals surface area contributed by atoms with Gasteiger partial charge in [0.2, 0.25) is 0 Å². The Morgan fingerprint density at radius 2 is 2.06 bits per heavy atom. The van der Waals surface area contributed by atoms with Crippen molar-refractivity contribution in [1.82, 2.24) is 0 Å². The molecule has 1 unspecified atom stereocenters. The summed E-state index contributed by atoms with van der Waals surface area (Å²) in [5.74, 6) is -0.622. The van der Waals surface area contributed by atoms with Gasteiger partial charge in [-0.3, -0.25) is 0 Å². The minimum atomic E-state index is -3.31. The van der Waals surface area contributed by atoms with Gasteiger partial charge in [0.25, 0.3) is 0 Å². The Labute approximate surface area is 109 Å². The van der Waals surface area contributed by atoms with E-state index in [-0.39, 0.29) is 0 Å². The molecule has 0 N–H and O–H groups in total. The molecule has 0 nitrogen and oxygen atoms in total. The van der Waals surface area contributed by atoms with Gasteiger partial charge in [-0.15, -0.1) is 0 Å². The zero-order valence-electron chi connectivity index (χ0n) is 10.3. The number of thiophene rings is 1. The van der Waals surface area contributed by atoms with E-state index >= 15 is 0 Å². The van der Waals surface area contributed by atoms with Crippen molar-refractivity contribution in [2.75, 3.05) is 0 Å². The molecule has 1 atom stereocenters. The number of halogens is 2. The molecule has 0 radical (unpaired) electrons. The third-order valence-corrected chi connectivity index (χ3v) is 18.1. The van der Waals surface area contributed by atoms with Crippen LogP contribution in [-0.4, -0.2) is 25.1 Å². The number of allylic oxidation sites excluding steroid dienone is 4. The Balaban J connectivity index is 2.36. The first-order valence-electron chi connectivity index (χ1n) is 5.82. The van der Waals surface area contributed by atoms with Crippen LogP contribution in [0.2, 0.25) is 22.5 Å². The van der Waals surface area contributed by atoms with Gasteiger partial charge < -0.3 is 0 Å². The maximum atomic E-state index is 13.7.